The van der Waals surface area contributed by atoms with Gasteiger partial charge in [0.15, 0.2) is 0 Å². The minimum absolute atomic E-state index is 0.991. The molecule has 18 heavy (non-hydrogen) atoms. The third-order valence-corrected chi connectivity index (χ3v) is 3.58. The minimum atomic E-state index is 0.991. The van der Waals surface area contributed by atoms with Crippen molar-refractivity contribution in [2.24, 2.45) is 11.8 Å². The third kappa shape index (κ3) is 10.6. The molecule has 1 aliphatic rings. The van der Waals surface area contributed by atoms with Gasteiger partial charge in [0.05, 0.1) is 0 Å². The lowest BCUT2D eigenvalue weighted by atomic mass is 9.98. The average Bonchev–Trinajstić information content (AvgIpc) is 2.70. The summed E-state index contributed by atoms with van der Waals surface area (Å²) >= 11 is 0. The summed E-state index contributed by atoms with van der Waals surface area (Å²) in [6, 6.07) is 0. The molecular weight excluding hydrogens is 218 g/mol. The van der Waals surface area contributed by atoms with Gasteiger partial charge >= 0.3 is 0 Å². The highest BCUT2D eigenvalue weighted by Crippen LogP contribution is 2.33. The molecule has 2 unspecified atom stereocenters. The molecule has 0 aromatic carbocycles. The molecule has 1 rings (SSSR count). The Hall–Kier alpha value is -0.560. The zero-order chi connectivity index (χ0) is 14.0. The number of allylic oxidation sites excluding steroid dienone is 1. The van der Waals surface area contributed by atoms with Gasteiger partial charge in [-0.2, -0.15) is 0 Å². The van der Waals surface area contributed by atoms with Crippen molar-refractivity contribution >= 4 is 0 Å². The molecule has 106 valence electrons. The Morgan fingerprint density at radius 3 is 2.06 bits per heavy atom. The second-order valence-corrected chi connectivity index (χ2v) is 6.09. The predicted octanol–water partition coefficient (Wildman–Crippen LogP) is 4.95. The van der Waals surface area contributed by atoms with Crippen LogP contribution in [-0.2, 0) is 0 Å². The Balaban J connectivity index is 0.000000360. The maximum absolute atomic E-state index is 3.94. The second-order valence-electron chi connectivity index (χ2n) is 6.09. The van der Waals surface area contributed by atoms with E-state index in [1.807, 2.05) is 14.0 Å². The normalized spacial score (nSPS) is 22.2. The molecule has 0 saturated heterocycles. The van der Waals surface area contributed by atoms with E-state index in [0.717, 1.165) is 24.8 Å². The quantitative estimate of drug-likeness (QED) is 0.659. The average molecular weight is 251 g/mol. The van der Waals surface area contributed by atoms with Gasteiger partial charge in [-0.25, -0.2) is 0 Å². The first-order chi connectivity index (χ1) is 8.45. The van der Waals surface area contributed by atoms with Crippen molar-refractivity contribution in [3.05, 3.63) is 24.3 Å². The lowest BCUT2D eigenvalue weighted by Gasteiger charge is -2.08. The van der Waals surface area contributed by atoms with Gasteiger partial charge in [0, 0.05) is 0 Å². The molecule has 0 aromatic rings. The van der Waals surface area contributed by atoms with Gasteiger partial charge in [-0.1, -0.05) is 30.9 Å². The van der Waals surface area contributed by atoms with Crippen LogP contribution in [0.5, 0.6) is 0 Å². The fourth-order valence-corrected chi connectivity index (χ4v) is 2.38. The molecule has 2 atom stereocenters. The van der Waals surface area contributed by atoms with E-state index in [4.69, 9.17) is 0 Å². The van der Waals surface area contributed by atoms with E-state index in [1.54, 1.807) is 0 Å². The van der Waals surface area contributed by atoms with Crippen molar-refractivity contribution in [3.8, 4) is 0 Å². The maximum Gasteiger partial charge on any atom is -0.00148 e. The lowest BCUT2D eigenvalue weighted by Crippen LogP contribution is -2.06. The van der Waals surface area contributed by atoms with Crippen molar-refractivity contribution in [2.45, 2.75) is 59.3 Å². The summed E-state index contributed by atoms with van der Waals surface area (Å²) in [5, 5.41) is 3.04. The number of hydrogen-bond acceptors (Lipinski definition) is 1. The lowest BCUT2D eigenvalue weighted by molar-refractivity contribution is 0.479. The fourth-order valence-electron chi connectivity index (χ4n) is 2.38. The summed E-state index contributed by atoms with van der Waals surface area (Å²) in [6.45, 7) is 15.3. The van der Waals surface area contributed by atoms with Crippen LogP contribution >= 0.6 is 0 Å². The van der Waals surface area contributed by atoms with Crippen LogP contribution in [0.2, 0.25) is 0 Å². The molecule has 0 aliphatic heterocycles. The standard InChI is InChI=1S/C11H20.C6H13N/c1-9(2)4-6-11-7-5-10(3)8-11;1-6(2)4-5-7-3/h10-11H,1,4-8H2,2-3H3;7H,1,4-5H2,2-3H3. The van der Waals surface area contributed by atoms with E-state index in [9.17, 15) is 0 Å². The molecular formula is C17H33N. The maximum atomic E-state index is 3.94. The highest BCUT2D eigenvalue weighted by atomic mass is 14.8. The van der Waals surface area contributed by atoms with Crippen molar-refractivity contribution in [1.29, 1.82) is 0 Å². The second kappa shape index (κ2) is 10.4. The predicted molar refractivity (Wildman–Crippen MR) is 83.9 cm³/mol. The van der Waals surface area contributed by atoms with Gasteiger partial charge in [0.1, 0.15) is 0 Å². The summed E-state index contributed by atoms with van der Waals surface area (Å²) < 4.78 is 0. The van der Waals surface area contributed by atoms with E-state index in [2.05, 4.69) is 32.3 Å². The monoisotopic (exact) mass is 251 g/mol. The van der Waals surface area contributed by atoms with Crippen LogP contribution in [0.1, 0.15) is 59.3 Å². The zero-order valence-corrected chi connectivity index (χ0v) is 13.0. The number of rotatable bonds is 6. The molecule has 1 aliphatic carbocycles. The third-order valence-electron chi connectivity index (χ3n) is 3.58. The Kier molecular flexibility index (Phi) is 10.0. The highest BCUT2D eigenvalue weighted by Gasteiger charge is 2.20. The van der Waals surface area contributed by atoms with Crippen LogP contribution in [-0.4, -0.2) is 13.6 Å². The van der Waals surface area contributed by atoms with Crippen molar-refractivity contribution in [1.82, 2.24) is 5.32 Å². The smallest absolute Gasteiger partial charge is 0.00148 e. The fraction of sp³-hybridized carbons (Fsp3) is 0.765. The summed E-state index contributed by atoms with van der Waals surface area (Å²) in [4.78, 5) is 0. The molecule has 0 heterocycles. The zero-order valence-electron chi connectivity index (χ0n) is 13.0. The van der Waals surface area contributed by atoms with Gasteiger partial charge in [0.25, 0.3) is 0 Å². The molecule has 0 radical (unpaired) electrons. The highest BCUT2D eigenvalue weighted by molar-refractivity contribution is 4.89. The van der Waals surface area contributed by atoms with Crippen LogP contribution < -0.4 is 5.32 Å². The molecule has 1 fully saturated rings. The molecule has 0 spiro atoms. The Morgan fingerprint density at radius 1 is 1.11 bits per heavy atom. The molecule has 1 heteroatoms. The van der Waals surface area contributed by atoms with E-state index >= 15 is 0 Å². The van der Waals surface area contributed by atoms with Crippen molar-refractivity contribution in [3.63, 3.8) is 0 Å². The van der Waals surface area contributed by atoms with Gasteiger partial charge in [-0.05, 0) is 65.0 Å². The molecule has 0 aromatic heterocycles. The Morgan fingerprint density at radius 2 is 1.72 bits per heavy atom. The van der Waals surface area contributed by atoms with Gasteiger partial charge in [-0.3, -0.25) is 0 Å². The summed E-state index contributed by atoms with van der Waals surface area (Å²) in [5.74, 6) is 2.01. The minimum Gasteiger partial charge on any atom is -0.319 e. The molecule has 1 saturated carbocycles. The molecule has 0 amide bonds. The van der Waals surface area contributed by atoms with E-state index in [0.29, 0.717) is 0 Å². The van der Waals surface area contributed by atoms with E-state index < -0.39 is 0 Å². The molecule has 1 nitrogen and oxygen atoms in total. The van der Waals surface area contributed by atoms with E-state index in [1.165, 1.54) is 43.3 Å². The van der Waals surface area contributed by atoms with Crippen LogP contribution in [0.4, 0.5) is 0 Å². The molecule has 1 N–H and O–H groups in total. The van der Waals surface area contributed by atoms with Gasteiger partial charge in [-0.15, -0.1) is 13.2 Å². The number of nitrogens with one attached hydrogen (secondary N) is 1. The Labute approximate surface area is 115 Å². The van der Waals surface area contributed by atoms with Crippen LogP contribution in [0.25, 0.3) is 0 Å². The Bertz CT molecular complexity index is 242. The van der Waals surface area contributed by atoms with Crippen LogP contribution in [0.3, 0.4) is 0 Å². The summed E-state index contributed by atoms with van der Waals surface area (Å²) in [5.41, 5.74) is 2.60. The largest absolute Gasteiger partial charge is 0.319 e. The van der Waals surface area contributed by atoms with Gasteiger partial charge < -0.3 is 5.32 Å². The van der Waals surface area contributed by atoms with Crippen molar-refractivity contribution < 1.29 is 0 Å². The topological polar surface area (TPSA) is 12.0 Å². The SMILES string of the molecule is C=C(C)CCC1CCC(C)C1.C=C(C)CCNC. The summed E-state index contributed by atoms with van der Waals surface area (Å²) in [6.07, 6.45) is 8.12. The number of hydrogen-bond donors (Lipinski definition) is 1. The van der Waals surface area contributed by atoms with E-state index in [-0.39, 0.29) is 0 Å². The van der Waals surface area contributed by atoms with Gasteiger partial charge in [0.2, 0.25) is 0 Å². The van der Waals surface area contributed by atoms with Crippen LogP contribution in [0, 0.1) is 11.8 Å². The van der Waals surface area contributed by atoms with Crippen molar-refractivity contribution in [2.75, 3.05) is 13.6 Å². The first-order valence-corrected chi connectivity index (χ1v) is 7.39. The first kappa shape index (κ1) is 17.4. The first-order valence-electron chi connectivity index (χ1n) is 7.39. The molecule has 0 bridgehead atoms. The van der Waals surface area contributed by atoms with Crippen LogP contribution in [0.15, 0.2) is 24.3 Å². The summed E-state index contributed by atoms with van der Waals surface area (Å²) in [7, 11) is 1.95.